The SMILES string of the molecule is CC(=O)NCC1C=C(c2ccc(N3CCN(C(=O)COC(=O)c4cccnc4)CC3)c(F)c2)C(=O)O1. The summed E-state index contributed by atoms with van der Waals surface area (Å²) in [4.78, 5) is 54.9. The van der Waals surface area contributed by atoms with E-state index < -0.39 is 23.9 Å². The number of hydrogen-bond donors (Lipinski definition) is 1. The predicted molar refractivity (Wildman–Crippen MR) is 126 cm³/mol. The molecule has 1 atom stereocenters. The second-order valence-corrected chi connectivity index (χ2v) is 8.31. The van der Waals surface area contributed by atoms with Crippen molar-refractivity contribution >= 4 is 35.0 Å². The smallest absolute Gasteiger partial charge is 0.340 e. The molecule has 2 aliphatic heterocycles. The summed E-state index contributed by atoms with van der Waals surface area (Å²) in [7, 11) is 0. The summed E-state index contributed by atoms with van der Waals surface area (Å²) in [5.74, 6) is -2.27. The van der Waals surface area contributed by atoms with Crippen LogP contribution in [0.4, 0.5) is 10.1 Å². The van der Waals surface area contributed by atoms with Gasteiger partial charge in [-0.1, -0.05) is 6.07 Å². The first-order valence-corrected chi connectivity index (χ1v) is 11.4. The minimum atomic E-state index is -0.625. The summed E-state index contributed by atoms with van der Waals surface area (Å²) in [6.45, 7) is 2.59. The summed E-state index contributed by atoms with van der Waals surface area (Å²) in [5, 5.41) is 2.58. The van der Waals surface area contributed by atoms with Crippen LogP contribution in [0.25, 0.3) is 5.57 Å². The number of pyridine rings is 1. The van der Waals surface area contributed by atoms with Crippen LogP contribution in [0.15, 0.2) is 48.8 Å². The molecule has 0 spiro atoms. The van der Waals surface area contributed by atoms with Crippen molar-refractivity contribution in [1.29, 1.82) is 0 Å². The van der Waals surface area contributed by atoms with Crippen molar-refractivity contribution in [3.8, 4) is 0 Å². The second kappa shape index (κ2) is 11.0. The molecule has 0 aliphatic carbocycles. The van der Waals surface area contributed by atoms with Gasteiger partial charge in [0.1, 0.15) is 11.9 Å². The van der Waals surface area contributed by atoms with Gasteiger partial charge in [0.2, 0.25) is 5.91 Å². The molecule has 1 saturated heterocycles. The zero-order valence-corrected chi connectivity index (χ0v) is 19.6. The molecule has 2 amide bonds. The molecule has 36 heavy (non-hydrogen) atoms. The molecular formula is C25H25FN4O6. The Labute approximate surface area is 206 Å². The van der Waals surface area contributed by atoms with Gasteiger partial charge in [-0.05, 0) is 35.9 Å². The zero-order valence-electron chi connectivity index (χ0n) is 19.6. The summed E-state index contributed by atoms with van der Waals surface area (Å²) in [6, 6.07) is 7.66. The highest BCUT2D eigenvalue weighted by molar-refractivity contribution is 6.18. The number of ether oxygens (including phenoxy) is 2. The Balaban J connectivity index is 1.31. The summed E-state index contributed by atoms with van der Waals surface area (Å²) >= 11 is 0. The number of aromatic nitrogens is 1. The van der Waals surface area contributed by atoms with E-state index in [2.05, 4.69) is 10.3 Å². The molecule has 4 rings (SSSR count). The first-order valence-electron chi connectivity index (χ1n) is 11.4. The third-order valence-electron chi connectivity index (χ3n) is 5.84. The van der Waals surface area contributed by atoms with Gasteiger partial charge in [0.05, 0.1) is 23.4 Å². The molecule has 2 aromatic rings. The van der Waals surface area contributed by atoms with E-state index in [4.69, 9.17) is 9.47 Å². The molecule has 11 heteroatoms. The maximum atomic E-state index is 15.0. The maximum Gasteiger partial charge on any atom is 0.340 e. The molecule has 188 valence electrons. The number of esters is 2. The van der Waals surface area contributed by atoms with Crippen LogP contribution >= 0.6 is 0 Å². The molecule has 1 N–H and O–H groups in total. The third kappa shape index (κ3) is 5.85. The van der Waals surface area contributed by atoms with Gasteiger partial charge < -0.3 is 24.6 Å². The number of halogens is 1. The first-order chi connectivity index (χ1) is 17.3. The largest absolute Gasteiger partial charge is 0.453 e. The quantitative estimate of drug-likeness (QED) is 0.568. The van der Waals surface area contributed by atoms with E-state index in [9.17, 15) is 23.6 Å². The lowest BCUT2D eigenvalue weighted by atomic mass is 10.0. The average molecular weight is 496 g/mol. The van der Waals surface area contributed by atoms with Crippen LogP contribution < -0.4 is 10.2 Å². The Hall–Kier alpha value is -4.28. The standard InChI is InChI=1S/C25H25FN4O6/c1-16(31)28-14-19-12-20(25(34)36-19)17-4-5-22(21(26)11-17)29-7-9-30(10-8-29)23(32)15-35-24(33)18-3-2-6-27-13-18/h2-6,11-13,19H,7-10,14-15H2,1H3,(H,28,31). The van der Waals surface area contributed by atoms with Gasteiger partial charge in [-0.25, -0.2) is 14.0 Å². The number of piperazine rings is 1. The minimum Gasteiger partial charge on any atom is -0.453 e. The zero-order chi connectivity index (χ0) is 25.7. The van der Waals surface area contributed by atoms with E-state index in [-0.39, 0.29) is 36.1 Å². The highest BCUT2D eigenvalue weighted by Crippen LogP contribution is 2.29. The lowest BCUT2D eigenvalue weighted by Crippen LogP contribution is -2.50. The van der Waals surface area contributed by atoms with Gasteiger partial charge in [-0.3, -0.25) is 14.6 Å². The molecule has 1 fully saturated rings. The van der Waals surface area contributed by atoms with Crippen LogP contribution in [0.3, 0.4) is 0 Å². The van der Waals surface area contributed by atoms with Crippen LogP contribution in [-0.4, -0.2) is 79.1 Å². The van der Waals surface area contributed by atoms with Gasteiger partial charge in [-0.2, -0.15) is 0 Å². The number of nitrogens with zero attached hydrogens (tertiary/aromatic N) is 3. The lowest BCUT2D eigenvalue weighted by molar-refractivity contribution is -0.138. The van der Waals surface area contributed by atoms with Crippen molar-refractivity contribution in [1.82, 2.24) is 15.2 Å². The van der Waals surface area contributed by atoms with Crippen LogP contribution in [0.2, 0.25) is 0 Å². The molecule has 1 aromatic carbocycles. The van der Waals surface area contributed by atoms with E-state index in [1.54, 1.807) is 35.2 Å². The van der Waals surface area contributed by atoms with Gasteiger partial charge >= 0.3 is 11.9 Å². The Kier molecular flexibility index (Phi) is 7.57. The van der Waals surface area contributed by atoms with Crippen molar-refractivity contribution < 1.29 is 33.0 Å². The molecular weight excluding hydrogens is 471 g/mol. The van der Waals surface area contributed by atoms with E-state index in [0.29, 0.717) is 37.4 Å². The molecule has 3 heterocycles. The number of nitrogens with one attached hydrogen (secondary N) is 1. The van der Waals surface area contributed by atoms with Crippen molar-refractivity contribution in [2.24, 2.45) is 0 Å². The summed E-state index contributed by atoms with van der Waals surface area (Å²) < 4.78 is 25.3. The number of anilines is 1. The van der Waals surface area contributed by atoms with Gasteiger partial charge in [0.15, 0.2) is 6.61 Å². The molecule has 0 bridgehead atoms. The van der Waals surface area contributed by atoms with Gasteiger partial charge in [0, 0.05) is 45.5 Å². The van der Waals surface area contributed by atoms with Crippen LogP contribution in [-0.2, 0) is 23.9 Å². The fourth-order valence-electron chi connectivity index (χ4n) is 3.96. The number of carbonyl (C=O) groups excluding carboxylic acids is 4. The third-order valence-corrected chi connectivity index (χ3v) is 5.84. The van der Waals surface area contributed by atoms with E-state index >= 15 is 0 Å². The maximum absolute atomic E-state index is 15.0. The van der Waals surface area contributed by atoms with Crippen molar-refractivity contribution in [3.63, 3.8) is 0 Å². The molecule has 0 saturated carbocycles. The minimum absolute atomic E-state index is 0.150. The van der Waals surface area contributed by atoms with Crippen LogP contribution in [0, 0.1) is 5.82 Å². The number of hydrogen-bond acceptors (Lipinski definition) is 8. The van der Waals surface area contributed by atoms with Crippen LogP contribution in [0.5, 0.6) is 0 Å². The monoisotopic (exact) mass is 496 g/mol. The number of benzene rings is 1. The van der Waals surface area contributed by atoms with Gasteiger partial charge in [0.25, 0.3) is 5.91 Å². The summed E-state index contributed by atoms with van der Waals surface area (Å²) in [6.07, 6.45) is 3.86. The van der Waals surface area contributed by atoms with E-state index in [1.165, 1.54) is 25.4 Å². The van der Waals surface area contributed by atoms with Crippen molar-refractivity contribution in [2.75, 3.05) is 44.2 Å². The highest BCUT2D eigenvalue weighted by atomic mass is 19.1. The van der Waals surface area contributed by atoms with Crippen molar-refractivity contribution in [2.45, 2.75) is 13.0 Å². The number of carbonyl (C=O) groups is 4. The summed E-state index contributed by atoms with van der Waals surface area (Å²) in [5.41, 5.74) is 1.25. The number of amides is 2. The Morgan fingerprint density at radius 1 is 1.19 bits per heavy atom. The Morgan fingerprint density at radius 2 is 1.97 bits per heavy atom. The van der Waals surface area contributed by atoms with Gasteiger partial charge in [-0.15, -0.1) is 0 Å². The van der Waals surface area contributed by atoms with Crippen molar-refractivity contribution in [3.05, 3.63) is 65.7 Å². The first kappa shape index (κ1) is 24.8. The second-order valence-electron chi connectivity index (χ2n) is 8.31. The predicted octanol–water partition coefficient (Wildman–Crippen LogP) is 1.17. The normalized spacial score (nSPS) is 17.3. The van der Waals surface area contributed by atoms with E-state index in [1.807, 2.05) is 4.90 Å². The molecule has 10 nitrogen and oxygen atoms in total. The number of cyclic esters (lactones) is 1. The molecule has 1 unspecified atom stereocenters. The Bertz CT molecular complexity index is 1190. The Morgan fingerprint density at radius 3 is 2.64 bits per heavy atom. The lowest BCUT2D eigenvalue weighted by Gasteiger charge is -2.36. The molecule has 1 aromatic heterocycles. The fraction of sp³-hybridized carbons (Fsp3) is 0.320. The fourth-order valence-corrected chi connectivity index (χ4v) is 3.96. The average Bonchev–Trinajstić information content (AvgIpc) is 3.26. The topological polar surface area (TPSA) is 118 Å². The molecule has 2 aliphatic rings. The van der Waals surface area contributed by atoms with E-state index in [0.717, 1.165) is 0 Å². The highest BCUT2D eigenvalue weighted by Gasteiger charge is 2.28. The van der Waals surface area contributed by atoms with Crippen LogP contribution in [0.1, 0.15) is 22.8 Å². The number of rotatable bonds is 7. The molecule has 0 radical (unpaired) electrons.